The van der Waals surface area contributed by atoms with Crippen molar-refractivity contribution < 1.29 is 4.79 Å². The predicted molar refractivity (Wildman–Crippen MR) is 94.0 cm³/mol. The summed E-state index contributed by atoms with van der Waals surface area (Å²) < 4.78 is 2.20. The molecule has 1 aliphatic heterocycles. The van der Waals surface area contributed by atoms with Gasteiger partial charge in [0.15, 0.2) is 0 Å². The van der Waals surface area contributed by atoms with Crippen molar-refractivity contribution in [1.82, 2.24) is 19.4 Å². The first-order valence-corrected chi connectivity index (χ1v) is 8.97. The smallest absolute Gasteiger partial charge is 0.263 e. The van der Waals surface area contributed by atoms with Crippen LogP contribution >= 0.6 is 11.3 Å². The number of pyridine rings is 1. The zero-order valence-corrected chi connectivity index (χ0v) is 14.0. The van der Waals surface area contributed by atoms with Crippen molar-refractivity contribution in [3.05, 3.63) is 59.3 Å². The van der Waals surface area contributed by atoms with Crippen LogP contribution in [0.5, 0.6) is 0 Å². The maximum atomic E-state index is 12.6. The van der Waals surface area contributed by atoms with Crippen LogP contribution in [0.15, 0.2) is 54.4 Å². The van der Waals surface area contributed by atoms with E-state index in [1.54, 1.807) is 12.4 Å². The number of nitrogens with zero attached hydrogens (tertiary/aromatic N) is 4. The highest BCUT2D eigenvalue weighted by Crippen LogP contribution is 2.28. The second-order valence-electron chi connectivity index (χ2n) is 5.92. The van der Waals surface area contributed by atoms with Crippen LogP contribution in [0.4, 0.5) is 0 Å². The van der Waals surface area contributed by atoms with Gasteiger partial charge in [-0.1, -0.05) is 6.07 Å². The molecular weight excluding hydrogens is 320 g/mol. The lowest BCUT2D eigenvalue weighted by molar-refractivity contribution is 0.0685. The molecule has 1 amide bonds. The van der Waals surface area contributed by atoms with Crippen LogP contribution in [0.2, 0.25) is 0 Å². The Morgan fingerprint density at radius 1 is 1.21 bits per heavy atom. The zero-order chi connectivity index (χ0) is 16.4. The summed E-state index contributed by atoms with van der Waals surface area (Å²) in [7, 11) is 0. The number of hydrogen-bond acceptors (Lipinski definition) is 4. The van der Waals surface area contributed by atoms with Gasteiger partial charge in [0, 0.05) is 43.4 Å². The van der Waals surface area contributed by atoms with Crippen molar-refractivity contribution in [3.63, 3.8) is 0 Å². The van der Waals surface area contributed by atoms with Gasteiger partial charge in [-0.3, -0.25) is 9.78 Å². The number of amides is 1. The third-order valence-electron chi connectivity index (χ3n) is 4.42. The van der Waals surface area contributed by atoms with Gasteiger partial charge in [0.1, 0.15) is 5.82 Å². The third kappa shape index (κ3) is 2.85. The molecule has 0 N–H and O–H groups in total. The molecule has 1 unspecified atom stereocenters. The molecule has 0 bridgehead atoms. The van der Waals surface area contributed by atoms with Gasteiger partial charge >= 0.3 is 0 Å². The van der Waals surface area contributed by atoms with Gasteiger partial charge in [-0.15, -0.1) is 11.3 Å². The van der Waals surface area contributed by atoms with E-state index in [2.05, 4.69) is 14.5 Å². The zero-order valence-electron chi connectivity index (χ0n) is 13.2. The van der Waals surface area contributed by atoms with Gasteiger partial charge < -0.3 is 9.47 Å². The average molecular weight is 338 g/mol. The number of carbonyl (C=O) groups is 1. The van der Waals surface area contributed by atoms with Gasteiger partial charge in [-0.05, 0) is 36.4 Å². The highest BCUT2D eigenvalue weighted by atomic mass is 32.1. The van der Waals surface area contributed by atoms with Crippen LogP contribution in [-0.4, -0.2) is 38.4 Å². The summed E-state index contributed by atoms with van der Waals surface area (Å²) >= 11 is 1.51. The van der Waals surface area contributed by atoms with Gasteiger partial charge in [0.2, 0.25) is 0 Å². The molecular formula is C18H18N4OS. The molecule has 3 aromatic heterocycles. The molecule has 0 spiro atoms. The van der Waals surface area contributed by atoms with E-state index in [4.69, 9.17) is 0 Å². The molecule has 0 radical (unpaired) electrons. The molecule has 0 aromatic carbocycles. The molecule has 24 heavy (non-hydrogen) atoms. The van der Waals surface area contributed by atoms with E-state index in [-0.39, 0.29) is 11.9 Å². The fourth-order valence-corrected chi connectivity index (χ4v) is 3.95. The molecule has 0 aliphatic carbocycles. The number of rotatable bonds is 3. The Morgan fingerprint density at radius 3 is 2.88 bits per heavy atom. The lowest BCUT2D eigenvalue weighted by Gasteiger charge is -2.34. The van der Waals surface area contributed by atoms with Crippen LogP contribution in [0.3, 0.4) is 0 Å². The second-order valence-corrected chi connectivity index (χ2v) is 6.87. The van der Waals surface area contributed by atoms with Crippen molar-refractivity contribution in [2.24, 2.45) is 0 Å². The van der Waals surface area contributed by atoms with E-state index in [9.17, 15) is 4.79 Å². The van der Waals surface area contributed by atoms with E-state index in [0.29, 0.717) is 0 Å². The molecule has 3 aromatic rings. The topological polar surface area (TPSA) is 51.0 Å². The van der Waals surface area contributed by atoms with E-state index in [1.165, 1.54) is 11.3 Å². The number of likely N-dealkylation sites (tertiary alicyclic amines) is 1. The van der Waals surface area contributed by atoms with Gasteiger partial charge in [0.05, 0.1) is 10.9 Å². The second kappa shape index (κ2) is 6.57. The maximum Gasteiger partial charge on any atom is 0.263 e. The SMILES string of the molecule is O=C(c1cccs1)N1CCCC(n2ccnc2-c2ccncc2)C1. The number of carbonyl (C=O) groups excluding carboxylic acids is 1. The summed E-state index contributed by atoms with van der Waals surface area (Å²) in [6, 6.07) is 8.02. The Morgan fingerprint density at radius 2 is 2.08 bits per heavy atom. The summed E-state index contributed by atoms with van der Waals surface area (Å²) in [5.74, 6) is 1.08. The van der Waals surface area contributed by atoms with Crippen LogP contribution in [0, 0.1) is 0 Å². The Labute approximate surface area is 144 Å². The first-order valence-electron chi connectivity index (χ1n) is 8.09. The van der Waals surface area contributed by atoms with Gasteiger partial charge in [-0.2, -0.15) is 0 Å². The van der Waals surface area contributed by atoms with E-state index in [1.807, 2.05) is 46.9 Å². The monoisotopic (exact) mass is 338 g/mol. The summed E-state index contributed by atoms with van der Waals surface area (Å²) in [6.07, 6.45) is 9.47. The summed E-state index contributed by atoms with van der Waals surface area (Å²) in [5, 5.41) is 1.95. The summed E-state index contributed by atoms with van der Waals surface area (Å²) in [4.78, 5) is 24.0. The first kappa shape index (κ1) is 15.1. The molecule has 1 atom stereocenters. The van der Waals surface area contributed by atoms with Crippen LogP contribution in [0.25, 0.3) is 11.4 Å². The van der Waals surface area contributed by atoms with Gasteiger partial charge in [0.25, 0.3) is 5.91 Å². The number of imidazole rings is 1. The number of thiophene rings is 1. The third-order valence-corrected chi connectivity index (χ3v) is 5.27. The minimum Gasteiger partial charge on any atom is -0.336 e. The summed E-state index contributed by atoms with van der Waals surface area (Å²) in [6.45, 7) is 1.55. The normalized spacial score (nSPS) is 17.8. The number of aromatic nitrogens is 3. The first-order chi connectivity index (χ1) is 11.8. The minimum atomic E-state index is 0.139. The molecule has 5 nitrogen and oxygen atoms in total. The lowest BCUT2D eigenvalue weighted by atomic mass is 10.0. The van der Waals surface area contributed by atoms with Crippen LogP contribution in [0.1, 0.15) is 28.6 Å². The van der Waals surface area contributed by atoms with Crippen LogP contribution in [-0.2, 0) is 0 Å². The molecule has 4 rings (SSSR count). The molecule has 0 saturated carbocycles. The predicted octanol–water partition coefficient (Wildman–Crippen LogP) is 3.48. The van der Waals surface area contributed by atoms with Crippen molar-refractivity contribution >= 4 is 17.2 Å². The van der Waals surface area contributed by atoms with Gasteiger partial charge in [-0.25, -0.2) is 4.98 Å². The fraction of sp³-hybridized carbons (Fsp3) is 0.278. The molecule has 4 heterocycles. The van der Waals surface area contributed by atoms with E-state index >= 15 is 0 Å². The number of piperidine rings is 1. The fourth-order valence-electron chi connectivity index (χ4n) is 3.25. The summed E-state index contributed by atoms with van der Waals surface area (Å²) in [5.41, 5.74) is 1.05. The van der Waals surface area contributed by atoms with Crippen molar-refractivity contribution in [1.29, 1.82) is 0 Å². The quantitative estimate of drug-likeness (QED) is 0.734. The van der Waals surface area contributed by atoms with E-state index in [0.717, 1.165) is 42.2 Å². The largest absolute Gasteiger partial charge is 0.336 e. The van der Waals surface area contributed by atoms with E-state index < -0.39 is 0 Å². The Kier molecular flexibility index (Phi) is 4.13. The highest BCUT2D eigenvalue weighted by Gasteiger charge is 2.27. The van der Waals surface area contributed by atoms with Crippen molar-refractivity contribution in [2.75, 3.05) is 13.1 Å². The molecule has 6 heteroatoms. The molecule has 1 fully saturated rings. The molecule has 122 valence electrons. The lowest BCUT2D eigenvalue weighted by Crippen LogP contribution is -2.40. The average Bonchev–Trinajstić information content (AvgIpc) is 3.34. The highest BCUT2D eigenvalue weighted by molar-refractivity contribution is 7.12. The minimum absolute atomic E-state index is 0.139. The Balaban J connectivity index is 1.57. The molecule has 1 aliphatic rings. The van der Waals surface area contributed by atoms with Crippen molar-refractivity contribution in [3.8, 4) is 11.4 Å². The van der Waals surface area contributed by atoms with Crippen LogP contribution < -0.4 is 0 Å². The Hall–Kier alpha value is -2.47. The number of hydrogen-bond donors (Lipinski definition) is 0. The standard InChI is InChI=1S/C18H18N4OS/c23-18(16-4-2-12-24-16)21-10-1-3-15(13-21)22-11-9-20-17(22)14-5-7-19-8-6-14/h2,4-9,11-12,15H,1,3,10,13H2. The Bertz CT molecular complexity index is 813. The van der Waals surface area contributed by atoms with Crippen molar-refractivity contribution in [2.45, 2.75) is 18.9 Å². The molecule has 1 saturated heterocycles. The maximum absolute atomic E-state index is 12.6.